The maximum atomic E-state index is 4.74. The van der Waals surface area contributed by atoms with E-state index in [0.717, 1.165) is 31.0 Å². The summed E-state index contributed by atoms with van der Waals surface area (Å²) < 4.78 is 4.15. The summed E-state index contributed by atoms with van der Waals surface area (Å²) in [4.78, 5) is 7.30. The lowest BCUT2D eigenvalue weighted by Crippen LogP contribution is -2.41. The van der Waals surface area contributed by atoms with E-state index in [4.69, 9.17) is 4.98 Å². The molecule has 1 atom stereocenters. The standard InChI is InChI=1S/C17H21N5/c1-3-9-20(16(6-1)14-22-11-5-8-18-22)12-15-13-21-10-4-2-7-17(21)19-15/h2,4-5,7-8,10-11,13,16H,1,3,6,9,12,14H2. The number of fused-ring (bicyclic) bond motifs is 1. The van der Waals surface area contributed by atoms with Crippen LogP contribution in [0.5, 0.6) is 0 Å². The van der Waals surface area contributed by atoms with Crippen LogP contribution in [-0.2, 0) is 13.1 Å². The van der Waals surface area contributed by atoms with Crippen LogP contribution >= 0.6 is 0 Å². The first-order valence-electron chi connectivity index (χ1n) is 8.02. The van der Waals surface area contributed by atoms with Gasteiger partial charge in [0.25, 0.3) is 0 Å². The number of hydrogen-bond donors (Lipinski definition) is 0. The van der Waals surface area contributed by atoms with Crippen molar-refractivity contribution in [2.75, 3.05) is 6.54 Å². The molecule has 3 aromatic heterocycles. The van der Waals surface area contributed by atoms with Gasteiger partial charge in [-0.3, -0.25) is 9.58 Å². The molecular weight excluding hydrogens is 274 g/mol. The predicted octanol–water partition coefficient (Wildman–Crippen LogP) is 2.59. The summed E-state index contributed by atoms with van der Waals surface area (Å²) in [6.45, 7) is 3.05. The van der Waals surface area contributed by atoms with E-state index in [1.165, 1.54) is 19.3 Å². The van der Waals surface area contributed by atoms with Crippen LogP contribution in [0.3, 0.4) is 0 Å². The highest BCUT2D eigenvalue weighted by Gasteiger charge is 2.23. The topological polar surface area (TPSA) is 38.4 Å². The molecule has 1 aliphatic heterocycles. The summed E-state index contributed by atoms with van der Waals surface area (Å²) >= 11 is 0. The second-order valence-corrected chi connectivity index (χ2v) is 6.05. The summed E-state index contributed by atoms with van der Waals surface area (Å²) in [7, 11) is 0. The molecule has 1 saturated heterocycles. The molecule has 4 heterocycles. The second-order valence-electron chi connectivity index (χ2n) is 6.05. The fourth-order valence-electron chi connectivity index (χ4n) is 3.37. The molecule has 5 nitrogen and oxygen atoms in total. The highest BCUT2D eigenvalue weighted by molar-refractivity contribution is 5.39. The maximum Gasteiger partial charge on any atom is 0.137 e. The van der Waals surface area contributed by atoms with Crippen molar-refractivity contribution >= 4 is 5.65 Å². The van der Waals surface area contributed by atoms with Gasteiger partial charge in [-0.15, -0.1) is 0 Å². The number of likely N-dealkylation sites (tertiary alicyclic amines) is 1. The van der Waals surface area contributed by atoms with E-state index in [1.54, 1.807) is 0 Å². The molecule has 0 saturated carbocycles. The van der Waals surface area contributed by atoms with E-state index >= 15 is 0 Å². The second kappa shape index (κ2) is 5.93. The fourth-order valence-corrected chi connectivity index (χ4v) is 3.37. The van der Waals surface area contributed by atoms with Crippen LogP contribution in [0, 0.1) is 0 Å². The first-order valence-corrected chi connectivity index (χ1v) is 8.02. The van der Waals surface area contributed by atoms with Gasteiger partial charge in [0.2, 0.25) is 0 Å². The number of aromatic nitrogens is 4. The van der Waals surface area contributed by atoms with Crippen LogP contribution in [0.2, 0.25) is 0 Å². The normalized spacial score (nSPS) is 19.7. The van der Waals surface area contributed by atoms with Crippen molar-refractivity contribution in [2.45, 2.75) is 38.4 Å². The van der Waals surface area contributed by atoms with E-state index in [-0.39, 0.29) is 0 Å². The number of pyridine rings is 1. The van der Waals surface area contributed by atoms with Crippen molar-refractivity contribution in [1.82, 2.24) is 24.1 Å². The molecule has 114 valence electrons. The predicted molar refractivity (Wildman–Crippen MR) is 85.5 cm³/mol. The first kappa shape index (κ1) is 13.5. The fraction of sp³-hybridized carbons (Fsp3) is 0.412. The molecule has 3 aromatic rings. The van der Waals surface area contributed by atoms with Crippen molar-refractivity contribution < 1.29 is 0 Å². The Labute approximate surface area is 130 Å². The van der Waals surface area contributed by atoms with E-state index in [1.807, 2.05) is 29.1 Å². The largest absolute Gasteiger partial charge is 0.307 e. The molecule has 0 spiro atoms. The molecule has 0 aromatic carbocycles. The van der Waals surface area contributed by atoms with Gasteiger partial charge >= 0.3 is 0 Å². The van der Waals surface area contributed by atoms with Gasteiger partial charge in [-0.1, -0.05) is 12.5 Å². The Morgan fingerprint density at radius 3 is 3.00 bits per heavy atom. The average molecular weight is 295 g/mol. The minimum atomic E-state index is 0.554. The molecule has 0 N–H and O–H groups in total. The summed E-state index contributed by atoms with van der Waals surface area (Å²) in [5, 5.41) is 4.36. The summed E-state index contributed by atoms with van der Waals surface area (Å²) in [6.07, 6.45) is 12.0. The molecule has 1 fully saturated rings. The molecule has 0 bridgehead atoms. The minimum absolute atomic E-state index is 0.554. The van der Waals surface area contributed by atoms with Gasteiger partial charge in [0.05, 0.1) is 12.2 Å². The van der Waals surface area contributed by atoms with Crippen LogP contribution in [0.4, 0.5) is 0 Å². The monoisotopic (exact) mass is 295 g/mol. The molecule has 0 amide bonds. The van der Waals surface area contributed by atoms with Gasteiger partial charge in [0.1, 0.15) is 5.65 Å². The molecule has 1 unspecified atom stereocenters. The lowest BCUT2D eigenvalue weighted by molar-refractivity contribution is 0.120. The lowest BCUT2D eigenvalue weighted by Gasteiger charge is -2.35. The van der Waals surface area contributed by atoms with Crippen molar-refractivity contribution in [3.63, 3.8) is 0 Å². The van der Waals surface area contributed by atoms with Crippen LogP contribution in [-0.4, -0.2) is 36.7 Å². The smallest absolute Gasteiger partial charge is 0.137 e. The Balaban J connectivity index is 1.51. The third-order valence-corrected chi connectivity index (χ3v) is 4.49. The molecule has 0 radical (unpaired) electrons. The summed E-state index contributed by atoms with van der Waals surface area (Å²) in [5.74, 6) is 0. The average Bonchev–Trinajstić information content (AvgIpc) is 3.18. The zero-order valence-electron chi connectivity index (χ0n) is 12.7. The molecule has 22 heavy (non-hydrogen) atoms. The van der Waals surface area contributed by atoms with Gasteiger partial charge in [-0.25, -0.2) is 4.98 Å². The lowest BCUT2D eigenvalue weighted by atomic mass is 10.0. The molecule has 5 heteroatoms. The third-order valence-electron chi connectivity index (χ3n) is 4.49. The van der Waals surface area contributed by atoms with Crippen LogP contribution in [0.25, 0.3) is 5.65 Å². The third kappa shape index (κ3) is 2.76. The van der Waals surface area contributed by atoms with E-state index in [0.29, 0.717) is 6.04 Å². The number of imidazole rings is 1. The molecule has 0 aliphatic carbocycles. The Morgan fingerprint density at radius 2 is 2.14 bits per heavy atom. The van der Waals surface area contributed by atoms with Crippen LogP contribution < -0.4 is 0 Å². The van der Waals surface area contributed by atoms with E-state index in [2.05, 4.69) is 39.1 Å². The van der Waals surface area contributed by atoms with Crippen molar-refractivity contribution in [2.24, 2.45) is 0 Å². The van der Waals surface area contributed by atoms with Gasteiger partial charge in [0, 0.05) is 37.4 Å². The van der Waals surface area contributed by atoms with Crippen molar-refractivity contribution in [3.05, 3.63) is 54.7 Å². The summed E-state index contributed by atoms with van der Waals surface area (Å²) in [5.41, 5.74) is 2.18. The highest BCUT2D eigenvalue weighted by atomic mass is 15.3. The van der Waals surface area contributed by atoms with Crippen molar-refractivity contribution in [1.29, 1.82) is 0 Å². The van der Waals surface area contributed by atoms with Gasteiger partial charge in [0.15, 0.2) is 0 Å². The maximum absolute atomic E-state index is 4.74. The zero-order chi connectivity index (χ0) is 14.8. The Morgan fingerprint density at radius 1 is 1.14 bits per heavy atom. The molecular formula is C17H21N5. The SMILES string of the molecule is c1ccn2cc(CN3CCCCC3Cn3cccn3)nc2c1. The van der Waals surface area contributed by atoms with Crippen LogP contribution in [0.15, 0.2) is 49.1 Å². The molecule has 1 aliphatic rings. The number of rotatable bonds is 4. The zero-order valence-corrected chi connectivity index (χ0v) is 12.7. The molecule has 4 rings (SSSR count). The highest BCUT2D eigenvalue weighted by Crippen LogP contribution is 2.21. The Bertz CT molecular complexity index is 697. The van der Waals surface area contributed by atoms with E-state index in [9.17, 15) is 0 Å². The van der Waals surface area contributed by atoms with Gasteiger partial charge in [-0.05, 0) is 37.6 Å². The Kier molecular flexibility index (Phi) is 3.64. The summed E-state index contributed by atoms with van der Waals surface area (Å²) in [6, 6.07) is 8.68. The van der Waals surface area contributed by atoms with E-state index < -0.39 is 0 Å². The number of hydrogen-bond acceptors (Lipinski definition) is 3. The quantitative estimate of drug-likeness (QED) is 0.742. The van der Waals surface area contributed by atoms with Crippen molar-refractivity contribution in [3.8, 4) is 0 Å². The first-order chi connectivity index (χ1) is 10.9. The number of piperidine rings is 1. The minimum Gasteiger partial charge on any atom is -0.307 e. The van der Waals surface area contributed by atoms with Crippen LogP contribution in [0.1, 0.15) is 25.0 Å². The van der Waals surface area contributed by atoms with Gasteiger partial charge < -0.3 is 4.40 Å². The number of nitrogens with zero attached hydrogens (tertiary/aromatic N) is 5. The van der Waals surface area contributed by atoms with Gasteiger partial charge in [-0.2, -0.15) is 5.10 Å². The Hall–Kier alpha value is -2.14.